The van der Waals surface area contributed by atoms with Gasteiger partial charge in [0.15, 0.2) is 5.69 Å². The molecule has 2 aromatic rings. The molecule has 24 heavy (non-hydrogen) atoms. The summed E-state index contributed by atoms with van der Waals surface area (Å²) in [6.07, 6.45) is 3.33. The molecule has 1 aromatic heterocycles. The molecule has 1 fully saturated rings. The van der Waals surface area contributed by atoms with Gasteiger partial charge in [-0.25, -0.2) is 0 Å². The van der Waals surface area contributed by atoms with E-state index in [1.165, 1.54) is 6.26 Å². The zero-order valence-corrected chi connectivity index (χ0v) is 13.8. The van der Waals surface area contributed by atoms with E-state index in [1.807, 2.05) is 18.2 Å². The molecule has 1 aliphatic heterocycles. The van der Waals surface area contributed by atoms with Crippen molar-refractivity contribution < 1.29 is 18.8 Å². The Morgan fingerprint density at radius 2 is 2.04 bits per heavy atom. The van der Waals surface area contributed by atoms with Crippen LogP contribution in [0, 0.1) is 0 Å². The number of hydrogen-bond acceptors (Lipinski definition) is 6. The van der Waals surface area contributed by atoms with Gasteiger partial charge in [-0.1, -0.05) is 5.16 Å². The highest BCUT2D eigenvalue weighted by Gasteiger charge is 2.26. The van der Waals surface area contributed by atoms with Crippen molar-refractivity contribution in [3.63, 3.8) is 0 Å². The van der Waals surface area contributed by atoms with E-state index in [9.17, 15) is 4.79 Å². The Labute approximate surface area is 140 Å². The van der Waals surface area contributed by atoms with Crippen LogP contribution in [0.15, 0.2) is 35.1 Å². The highest BCUT2D eigenvalue weighted by atomic mass is 16.5. The van der Waals surface area contributed by atoms with Gasteiger partial charge in [0.05, 0.1) is 14.2 Å². The molecule has 1 unspecified atom stereocenters. The topological polar surface area (TPSA) is 76.8 Å². The van der Waals surface area contributed by atoms with E-state index in [4.69, 9.17) is 14.0 Å². The Morgan fingerprint density at radius 3 is 2.67 bits per heavy atom. The van der Waals surface area contributed by atoms with Gasteiger partial charge in [0, 0.05) is 49.1 Å². The van der Waals surface area contributed by atoms with Crippen molar-refractivity contribution in [3.8, 4) is 11.5 Å². The Bertz CT molecular complexity index is 665. The number of aromatic nitrogens is 1. The summed E-state index contributed by atoms with van der Waals surface area (Å²) < 4.78 is 15.3. The molecule has 1 saturated heterocycles. The largest absolute Gasteiger partial charge is 0.497 e. The normalized spacial score (nSPS) is 17.4. The van der Waals surface area contributed by atoms with Crippen LogP contribution in [0.5, 0.6) is 11.5 Å². The van der Waals surface area contributed by atoms with Gasteiger partial charge in [-0.15, -0.1) is 0 Å². The fourth-order valence-corrected chi connectivity index (χ4v) is 2.89. The summed E-state index contributed by atoms with van der Waals surface area (Å²) in [4.78, 5) is 14.2. The highest BCUT2D eigenvalue weighted by molar-refractivity contribution is 5.92. The van der Waals surface area contributed by atoms with Crippen LogP contribution in [0.2, 0.25) is 0 Å². The molecule has 0 radical (unpaired) electrons. The minimum Gasteiger partial charge on any atom is -0.497 e. The van der Waals surface area contributed by atoms with Crippen molar-refractivity contribution in [2.75, 3.05) is 32.6 Å². The minimum atomic E-state index is -0.0986. The molecule has 0 bridgehead atoms. The van der Waals surface area contributed by atoms with E-state index in [0.717, 1.165) is 36.6 Å². The second kappa shape index (κ2) is 7.25. The van der Waals surface area contributed by atoms with Crippen LogP contribution in [0.3, 0.4) is 0 Å². The van der Waals surface area contributed by atoms with Crippen molar-refractivity contribution >= 4 is 11.6 Å². The highest BCUT2D eigenvalue weighted by Crippen LogP contribution is 2.27. The quantitative estimate of drug-likeness (QED) is 0.907. The number of piperidine rings is 1. The monoisotopic (exact) mass is 331 g/mol. The van der Waals surface area contributed by atoms with Gasteiger partial charge in [-0.05, 0) is 12.8 Å². The maximum Gasteiger partial charge on any atom is 0.276 e. The predicted molar refractivity (Wildman–Crippen MR) is 88.6 cm³/mol. The molecule has 0 spiro atoms. The van der Waals surface area contributed by atoms with Crippen LogP contribution in [0.4, 0.5) is 5.69 Å². The first-order valence-electron chi connectivity index (χ1n) is 7.89. The molecule has 1 N–H and O–H groups in total. The summed E-state index contributed by atoms with van der Waals surface area (Å²) in [5.74, 6) is 1.35. The van der Waals surface area contributed by atoms with Gasteiger partial charge in [0.25, 0.3) is 5.91 Å². The zero-order valence-electron chi connectivity index (χ0n) is 13.8. The van der Waals surface area contributed by atoms with Crippen molar-refractivity contribution in [3.05, 3.63) is 36.2 Å². The molecule has 0 aliphatic carbocycles. The van der Waals surface area contributed by atoms with Gasteiger partial charge >= 0.3 is 0 Å². The maximum absolute atomic E-state index is 12.4. The van der Waals surface area contributed by atoms with Gasteiger partial charge in [-0.3, -0.25) is 4.79 Å². The van der Waals surface area contributed by atoms with Gasteiger partial charge in [0.1, 0.15) is 17.8 Å². The average Bonchev–Trinajstić information content (AvgIpc) is 3.15. The molecule has 0 saturated carbocycles. The number of nitrogens with one attached hydrogen (secondary N) is 1. The molecule has 1 aromatic carbocycles. The van der Waals surface area contributed by atoms with Crippen LogP contribution >= 0.6 is 0 Å². The van der Waals surface area contributed by atoms with E-state index >= 15 is 0 Å². The summed E-state index contributed by atoms with van der Waals surface area (Å²) in [5.41, 5.74) is 1.26. The average molecular weight is 331 g/mol. The first-order chi connectivity index (χ1) is 11.7. The number of rotatable bonds is 5. The summed E-state index contributed by atoms with van der Waals surface area (Å²) >= 11 is 0. The smallest absolute Gasteiger partial charge is 0.276 e. The number of ether oxygens (including phenoxy) is 2. The number of nitrogens with zero attached hydrogens (tertiary/aromatic N) is 2. The number of carbonyl (C=O) groups excluding carboxylic acids is 1. The number of benzene rings is 1. The van der Waals surface area contributed by atoms with E-state index in [0.29, 0.717) is 12.2 Å². The molecular weight excluding hydrogens is 310 g/mol. The van der Waals surface area contributed by atoms with E-state index in [1.54, 1.807) is 25.2 Å². The Morgan fingerprint density at radius 1 is 1.29 bits per heavy atom. The SMILES string of the molecule is COc1cc(NC2CCCN(C(=O)c3ccon3)C2)cc(OC)c1. The lowest BCUT2D eigenvalue weighted by molar-refractivity contribution is 0.0704. The lowest BCUT2D eigenvalue weighted by Gasteiger charge is -2.33. The Balaban J connectivity index is 1.68. The number of hydrogen-bond donors (Lipinski definition) is 1. The number of amides is 1. The van der Waals surface area contributed by atoms with Crippen molar-refractivity contribution in [2.45, 2.75) is 18.9 Å². The predicted octanol–water partition coefficient (Wildman–Crippen LogP) is 2.41. The van der Waals surface area contributed by atoms with Crippen LogP contribution < -0.4 is 14.8 Å². The summed E-state index contributed by atoms with van der Waals surface area (Å²) in [6, 6.07) is 7.41. The van der Waals surface area contributed by atoms with Gasteiger partial charge in [-0.2, -0.15) is 0 Å². The molecule has 7 heteroatoms. The van der Waals surface area contributed by atoms with Crippen LogP contribution in [-0.4, -0.2) is 49.3 Å². The molecule has 128 valence electrons. The lowest BCUT2D eigenvalue weighted by atomic mass is 10.0. The van der Waals surface area contributed by atoms with Crippen LogP contribution in [-0.2, 0) is 0 Å². The Hall–Kier alpha value is -2.70. The molecule has 2 heterocycles. The standard InChI is InChI=1S/C17H21N3O4/c1-22-14-8-13(9-15(10-14)23-2)18-12-4-3-6-20(11-12)17(21)16-5-7-24-19-16/h5,7-10,12,18H,3-4,6,11H2,1-2H3. The van der Waals surface area contributed by atoms with Gasteiger partial charge < -0.3 is 24.2 Å². The van der Waals surface area contributed by atoms with Gasteiger partial charge in [0.2, 0.25) is 0 Å². The third-order valence-electron chi connectivity index (χ3n) is 4.09. The second-order valence-corrected chi connectivity index (χ2v) is 5.72. The van der Waals surface area contributed by atoms with Crippen molar-refractivity contribution in [1.29, 1.82) is 0 Å². The summed E-state index contributed by atoms with van der Waals surface area (Å²) in [5, 5.41) is 7.19. The van der Waals surface area contributed by atoms with Crippen LogP contribution in [0.1, 0.15) is 23.3 Å². The first-order valence-corrected chi connectivity index (χ1v) is 7.89. The number of carbonyl (C=O) groups is 1. The fourth-order valence-electron chi connectivity index (χ4n) is 2.89. The number of methoxy groups -OCH3 is 2. The minimum absolute atomic E-state index is 0.0986. The zero-order chi connectivity index (χ0) is 16.9. The van der Waals surface area contributed by atoms with E-state index < -0.39 is 0 Å². The number of anilines is 1. The fraction of sp³-hybridized carbons (Fsp3) is 0.412. The summed E-state index contributed by atoms with van der Waals surface area (Å²) in [7, 11) is 3.24. The summed E-state index contributed by atoms with van der Waals surface area (Å²) in [6.45, 7) is 1.34. The molecule has 3 rings (SSSR count). The molecule has 7 nitrogen and oxygen atoms in total. The van der Waals surface area contributed by atoms with Crippen LogP contribution in [0.25, 0.3) is 0 Å². The van der Waals surface area contributed by atoms with Crippen molar-refractivity contribution in [1.82, 2.24) is 10.1 Å². The molecule has 1 aliphatic rings. The molecule has 1 amide bonds. The van der Waals surface area contributed by atoms with E-state index in [-0.39, 0.29) is 11.9 Å². The maximum atomic E-state index is 12.4. The third-order valence-corrected chi connectivity index (χ3v) is 4.09. The molecular formula is C17H21N3O4. The number of likely N-dealkylation sites (tertiary alicyclic amines) is 1. The Kier molecular flexibility index (Phi) is 4.88. The van der Waals surface area contributed by atoms with E-state index in [2.05, 4.69) is 10.5 Å². The lowest BCUT2D eigenvalue weighted by Crippen LogP contribution is -2.45. The second-order valence-electron chi connectivity index (χ2n) is 5.72. The third kappa shape index (κ3) is 3.61. The molecule has 1 atom stereocenters. The first kappa shape index (κ1) is 16.2. The van der Waals surface area contributed by atoms with Crippen molar-refractivity contribution in [2.24, 2.45) is 0 Å².